The van der Waals surface area contributed by atoms with E-state index in [1.165, 1.54) is 11.8 Å². The van der Waals surface area contributed by atoms with E-state index < -0.39 is 0 Å². The van der Waals surface area contributed by atoms with Crippen LogP contribution in [0, 0.1) is 5.41 Å². The average molecular weight is 157 g/mol. The Morgan fingerprint density at radius 2 is 2.50 bits per heavy atom. The van der Waals surface area contributed by atoms with Gasteiger partial charge in [0.15, 0.2) is 5.17 Å². The van der Waals surface area contributed by atoms with Gasteiger partial charge in [-0.25, -0.2) is 0 Å². The lowest BCUT2D eigenvalue weighted by atomic mass is 10.6. The number of amidine groups is 1. The molecule has 0 aromatic rings. The number of nitrogens with zero attached hydrogens (tertiary/aromatic N) is 1. The van der Waals surface area contributed by atoms with E-state index in [2.05, 4.69) is 4.99 Å². The molecular weight excluding hydrogens is 146 g/mol. The molecule has 0 spiro atoms. The maximum atomic E-state index is 6.85. The van der Waals surface area contributed by atoms with Gasteiger partial charge in [-0.2, -0.15) is 0 Å². The van der Waals surface area contributed by atoms with E-state index in [0.717, 1.165) is 5.75 Å². The molecular formula is C6H11N3S. The number of aliphatic imine (C=N–C) groups is 1. The second kappa shape index (κ2) is 6.35. The molecule has 56 valence electrons. The Kier molecular flexibility index (Phi) is 5.86. The molecule has 10 heavy (non-hydrogen) atoms. The van der Waals surface area contributed by atoms with Crippen LogP contribution in [-0.2, 0) is 0 Å². The summed E-state index contributed by atoms with van der Waals surface area (Å²) in [5.74, 6) is 0.737. The van der Waals surface area contributed by atoms with Crippen molar-refractivity contribution in [1.82, 2.24) is 0 Å². The maximum absolute atomic E-state index is 6.85. The highest BCUT2D eigenvalue weighted by molar-refractivity contribution is 8.13. The van der Waals surface area contributed by atoms with Gasteiger partial charge in [-0.1, -0.05) is 17.8 Å². The van der Waals surface area contributed by atoms with Crippen LogP contribution in [0.2, 0.25) is 0 Å². The summed E-state index contributed by atoms with van der Waals surface area (Å²) in [5, 5.41) is 7.00. The molecule has 0 aliphatic heterocycles. The molecule has 0 fully saturated rings. The Bertz CT molecular complexity index is 151. The Morgan fingerprint density at radius 1 is 1.80 bits per heavy atom. The van der Waals surface area contributed by atoms with E-state index in [1.54, 1.807) is 13.3 Å². The summed E-state index contributed by atoms with van der Waals surface area (Å²) < 4.78 is 0. The van der Waals surface area contributed by atoms with Crippen LogP contribution in [0.15, 0.2) is 17.1 Å². The summed E-state index contributed by atoms with van der Waals surface area (Å²) in [6.45, 7) is 0. The van der Waals surface area contributed by atoms with Crippen molar-refractivity contribution in [2.45, 2.75) is 0 Å². The molecule has 0 bridgehead atoms. The molecule has 3 N–H and O–H groups in total. The van der Waals surface area contributed by atoms with E-state index in [9.17, 15) is 0 Å². The average Bonchev–Trinajstić information content (AvgIpc) is 1.87. The first-order valence-corrected chi connectivity index (χ1v) is 3.80. The predicted octanol–water partition coefficient (Wildman–Crippen LogP) is 0.870. The molecule has 0 saturated carbocycles. The molecule has 3 nitrogen and oxygen atoms in total. The van der Waals surface area contributed by atoms with Crippen LogP contribution < -0.4 is 5.73 Å². The molecule has 0 unspecified atom stereocenters. The van der Waals surface area contributed by atoms with Crippen LogP contribution in [0.3, 0.4) is 0 Å². The van der Waals surface area contributed by atoms with E-state index >= 15 is 0 Å². The van der Waals surface area contributed by atoms with Gasteiger partial charge in [-0.05, 0) is 6.08 Å². The summed E-state index contributed by atoms with van der Waals surface area (Å²) in [6, 6.07) is 0. The van der Waals surface area contributed by atoms with Gasteiger partial charge >= 0.3 is 0 Å². The molecule has 0 rings (SSSR count). The third-order valence-electron chi connectivity index (χ3n) is 0.706. The van der Waals surface area contributed by atoms with E-state index in [0.29, 0.717) is 0 Å². The summed E-state index contributed by atoms with van der Waals surface area (Å²) in [5.41, 5.74) is 5.09. The largest absolute Gasteiger partial charge is 0.379 e. The van der Waals surface area contributed by atoms with Gasteiger partial charge in [0.2, 0.25) is 0 Å². The minimum Gasteiger partial charge on any atom is -0.379 e. The second-order valence-electron chi connectivity index (χ2n) is 1.51. The molecule has 0 saturated heterocycles. The third kappa shape index (κ3) is 7.23. The first kappa shape index (κ1) is 9.23. The quantitative estimate of drug-likeness (QED) is 0.471. The molecule has 0 radical (unpaired) electrons. The van der Waals surface area contributed by atoms with Gasteiger partial charge in [-0.3, -0.25) is 10.4 Å². The number of thioether (sulfide) groups is 1. The Balaban J connectivity index is 3.27. The van der Waals surface area contributed by atoms with Crippen molar-refractivity contribution in [3.8, 4) is 0 Å². The molecule has 0 atom stereocenters. The van der Waals surface area contributed by atoms with Crippen molar-refractivity contribution in [3.63, 3.8) is 0 Å². The first-order valence-electron chi connectivity index (χ1n) is 2.81. The number of allylic oxidation sites excluding steroid dienone is 1. The number of nitrogens with one attached hydrogen (secondary N) is 1. The van der Waals surface area contributed by atoms with Gasteiger partial charge < -0.3 is 5.73 Å². The van der Waals surface area contributed by atoms with Crippen LogP contribution in [0.4, 0.5) is 0 Å². The zero-order valence-electron chi connectivity index (χ0n) is 5.87. The number of nitrogens with two attached hydrogens (primary N) is 1. The summed E-state index contributed by atoms with van der Waals surface area (Å²) in [6.07, 6.45) is 5.43. The molecule has 0 aromatic carbocycles. The zero-order valence-corrected chi connectivity index (χ0v) is 6.69. The standard InChI is InChI=1S/C6H11N3S/c1-9-4-2-3-5-10-6(7)8/h2-4H,5H2,1H3,(H3,7,8)/b3-2+,9-4+. The van der Waals surface area contributed by atoms with Gasteiger partial charge in [0.05, 0.1) is 0 Å². The Hall–Kier alpha value is -0.770. The van der Waals surface area contributed by atoms with Crippen molar-refractivity contribution in [2.24, 2.45) is 10.7 Å². The first-order chi connectivity index (χ1) is 4.77. The second-order valence-corrected chi connectivity index (χ2v) is 2.57. The lowest BCUT2D eigenvalue weighted by Crippen LogP contribution is -2.03. The molecule has 0 aliphatic rings. The normalized spacial score (nSPS) is 11.3. The fourth-order valence-electron chi connectivity index (χ4n) is 0.340. The van der Waals surface area contributed by atoms with Crippen LogP contribution >= 0.6 is 11.8 Å². The molecule has 0 aliphatic carbocycles. The van der Waals surface area contributed by atoms with Crippen molar-refractivity contribution >= 4 is 23.1 Å². The minimum absolute atomic E-state index is 0.151. The van der Waals surface area contributed by atoms with Crippen molar-refractivity contribution in [3.05, 3.63) is 12.2 Å². The van der Waals surface area contributed by atoms with Crippen LogP contribution in [0.5, 0.6) is 0 Å². The minimum atomic E-state index is 0.151. The van der Waals surface area contributed by atoms with Crippen LogP contribution in [-0.4, -0.2) is 24.2 Å². The predicted molar refractivity (Wildman–Crippen MR) is 47.9 cm³/mol. The van der Waals surface area contributed by atoms with Crippen LogP contribution in [0.25, 0.3) is 0 Å². The smallest absolute Gasteiger partial charge is 0.151 e. The van der Waals surface area contributed by atoms with E-state index in [-0.39, 0.29) is 5.17 Å². The van der Waals surface area contributed by atoms with Gasteiger partial charge in [0, 0.05) is 19.0 Å². The number of hydrogen-bond acceptors (Lipinski definition) is 3. The third-order valence-corrected chi connectivity index (χ3v) is 1.38. The highest BCUT2D eigenvalue weighted by atomic mass is 32.2. The highest BCUT2D eigenvalue weighted by Crippen LogP contribution is 1.96. The number of rotatable bonds is 3. The Labute approximate surface area is 64.9 Å². The molecule has 0 heterocycles. The summed E-state index contributed by atoms with van der Waals surface area (Å²) in [7, 11) is 1.71. The summed E-state index contributed by atoms with van der Waals surface area (Å²) >= 11 is 1.29. The maximum Gasteiger partial charge on any atom is 0.151 e. The van der Waals surface area contributed by atoms with Crippen molar-refractivity contribution < 1.29 is 0 Å². The molecule has 0 amide bonds. The van der Waals surface area contributed by atoms with E-state index in [1.807, 2.05) is 12.2 Å². The lowest BCUT2D eigenvalue weighted by Gasteiger charge is -1.88. The fourth-order valence-corrected chi connectivity index (χ4v) is 0.727. The van der Waals surface area contributed by atoms with Crippen molar-refractivity contribution in [1.29, 1.82) is 5.41 Å². The van der Waals surface area contributed by atoms with Gasteiger partial charge in [0.1, 0.15) is 0 Å². The van der Waals surface area contributed by atoms with Gasteiger partial charge in [0.25, 0.3) is 0 Å². The Morgan fingerprint density at radius 3 is 3.00 bits per heavy atom. The monoisotopic (exact) mass is 157 g/mol. The highest BCUT2D eigenvalue weighted by Gasteiger charge is 1.83. The van der Waals surface area contributed by atoms with Crippen molar-refractivity contribution in [2.75, 3.05) is 12.8 Å². The molecule has 4 heteroatoms. The van der Waals surface area contributed by atoms with Crippen LogP contribution in [0.1, 0.15) is 0 Å². The lowest BCUT2D eigenvalue weighted by molar-refractivity contribution is 1.47. The number of hydrogen-bond donors (Lipinski definition) is 2. The van der Waals surface area contributed by atoms with Gasteiger partial charge in [-0.15, -0.1) is 0 Å². The van der Waals surface area contributed by atoms with E-state index in [4.69, 9.17) is 11.1 Å². The topological polar surface area (TPSA) is 62.2 Å². The summed E-state index contributed by atoms with van der Waals surface area (Å²) in [4.78, 5) is 3.75. The zero-order chi connectivity index (χ0) is 7.82. The molecule has 0 aromatic heterocycles. The fraction of sp³-hybridized carbons (Fsp3) is 0.333. The SMILES string of the molecule is C/N=C/C=C/CSC(=N)N.